The molecule has 134 valence electrons. The predicted octanol–water partition coefficient (Wildman–Crippen LogP) is 1.45. The van der Waals surface area contributed by atoms with Crippen LogP contribution in [0.5, 0.6) is 5.75 Å². The molecule has 3 rings (SSSR count). The molecule has 1 aliphatic heterocycles. The number of rotatable bonds is 5. The molecule has 7 heteroatoms. The van der Waals surface area contributed by atoms with Crippen molar-refractivity contribution in [3.05, 3.63) is 48.0 Å². The fraction of sp³-hybridized carbons (Fsp3) is 0.333. The Balaban J connectivity index is 1.90. The van der Waals surface area contributed by atoms with Gasteiger partial charge in [-0.25, -0.2) is 8.42 Å². The van der Waals surface area contributed by atoms with Crippen molar-refractivity contribution >= 4 is 10.0 Å². The summed E-state index contributed by atoms with van der Waals surface area (Å²) in [5.74, 6) is 0.672. The molecule has 0 unspecified atom stereocenters. The Bertz CT molecular complexity index is 829. The maximum absolute atomic E-state index is 12.7. The second kappa shape index (κ2) is 7.53. The highest BCUT2D eigenvalue weighted by atomic mass is 32.2. The van der Waals surface area contributed by atoms with Gasteiger partial charge in [-0.1, -0.05) is 18.2 Å². The van der Waals surface area contributed by atoms with E-state index in [0.29, 0.717) is 31.9 Å². The number of sulfonamides is 1. The highest BCUT2D eigenvalue weighted by molar-refractivity contribution is 7.89. The van der Waals surface area contributed by atoms with E-state index >= 15 is 0 Å². The zero-order valence-electron chi connectivity index (χ0n) is 14.1. The zero-order valence-corrected chi connectivity index (χ0v) is 14.9. The predicted molar refractivity (Wildman–Crippen MR) is 96.0 cm³/mol. The molecule has 0 radical (unpaired) electrons. The summed E-state index contributed by atoms with van der Waals surface area (Å²) < 4.78 is 32.0. The van der Waals surface area contributed by atoms with E-state index in [9.17, 15) is 13.5 Å². The average molecular weight is 362 g/mol. The molecule has 0 aliphatic carbocycles. The van der Waals surface area contributed by atoms with Crippen molar-refractivity contribution in [1.82, 2.24) is 9.62 Å². The molecule has 2 aromatic rings. The molecule has 0 spiro atoms. The first kappa shape index (κ1) is 17.9. The Labute approximate surface area is 148 Å². The van der Waals surface area contributed by atoms with Gasteiger partial charge in [0.25, 0.3) is 0 Å². The van der Waals surface area contributed by atoms with Crippen LogP contribution in [0.4, 0.5) is 0 Å². The summed E-state index contributed by atoms with van der Waals surface area (Å²) in [4.78, 5) is 0.289. The van der Waals surface area contributed by atoms with Crippen LogP contribution in [0, 0.1) is 0 Å². The summed E-state index contributed by atoms with van der Waals surface area (Å²) in [6.45, 7) is 2.19. The van der Waals surface area contributed by atoms with Crippen molar-refractivity contribution < 1.29 is 18.3 Å². The monoisotopic (exact) mass is 362 g/mol. The standard InChI is InChI=1S/C18H22N2O4S/c1-24-16-4-7-18(15(12-16)13-21)14-2-5-17(6-3-14)25(22,23)20-10-8-19-9-11-20/h2-7,12,19,21H,8-11,13H2,1H3. The summed E-state index contributed by atoms with van der Waals surface area (Å²) in [5.41, 5.74) is 2.44. The molecule has 1 fully saturated rings. The summed E-state index contributed by atoms with van der Waals surface area (Å²) >= 11 is 0. The van der Waals surface area contributed by atoms with Crippen LogP contribution in [0.3, 0.4) is 0 Å². The van der Waals surface area contributed by atoms with Crippen LogP contribution in [0.25, 0.3) is 11.1 Å². The lowest BCUT2D eigenvalue weighted by Gasteiger charge is -2.26. The number of ether oxygens (including phenoxy) is 1. The molecule has 0 bridgehead atoms. The smallest absolute Gasteiger partial charge is 0.243 e. The first-order valence-electron chi connectivity index (χ1n) is 8.15. The zero-order chi connectivity index (χ0) is 17.9. The lowest BCUT2D eigenvalue weighted by molar-refractivity contribution is 0.281. The molecule has 25 heavy (non-hydrogen) atoms. The van der Waals surface area contributed by atoms with Crippen LogP contribution in [-0.4, -0.2) is 51.1 Å². The van der Waals surface area contributed by atoms with E-state index in [1.54, 1.807) is 37.4 Å². The van der Waals surface area contributed by atoms with E-state index in [4.69, 9.17) is 4.74 Å². The SMILES string of the molecule is COc1ccc(-c2ccc(S(=O)(=O)N3CCNCC3)cc2)c(CO)c1. The Morgan fingerprint density at radius 1 is 1.12 bits per heavy atom. The molecule has 0 amide bonds. The number of methoxy groups -OCH3 is 1. The molecule has 1 aliphatic rings. The number of nitrogens with one attached hydrogen (secondary N) is 1. The van der Waals surface area contributed by atoms with Crippen molar-refractivity contribution in [2.45, 2.75) is 11.5 Å². The summed E-state index contributed by atoms with van der Waals surface area (Å²) in [7, 11) is -1.89. The van der Waals surface area contributed by atoms with Crippen LogP contribution in [0.15, 0.2) is 47.4 Å². The van der Waals surface area contributed by atoms with Crippen LogP contribution >= 0.6 is 0 Å². The third kappa shape index (κ3) is 3.69. The maximum Gasteiger partial charge on any atom is 0.243 e. The third-order valence-corrected chi connectivity index (χ3v) is 6.27. The van der Waals surface area contributed by atoms with E-state index < -0.39 is 10.0 Å². The van der Waals surface area contributed by atoms with E-state index in [2.05, 4.69) is 5.32 Å². The number of piperazine rings is 1. The molecule has 2 aromatic carbocycles. The molecular weight excluding hydrogens is 340 g/mol. The van der Waals surface area contributed by atoms with Gasteiger partial charge in [-0.3, -0.25) is 0 Å². The number of aliphatic hydroxyl groups excluding tert-OH is 1. The number of benzene rings is 2. The quantitative estimate of drug-likeness (QED) is 0.842. The highest BCUT2D eigenvalue weighted by Crippen LogP contribution is 2.29. The minimum Gasteiger partial charge on any atom is -0.497 e. The number of hydrogen-bond donors (Lipinski definition) is 2. The molecule has 1 saturated heterocycles. The van der Waals surface area contributed by atoms with Gasteiger partial charge in [-0.05, 0) is 41.0 Å². The summed E-state index contributed by atoms with van der Waals surface area (Å²) in [6, 6.07) is 12.3. The van der Waals surface area contributed by atoms with Crippen molar-refractivity contribution in [1.29, 1.82) is 0 Å². The topological polar surface area (TPSA) is 78.9 Å². The van der Waals surface area contributed by atoms with Crippen molar-refractivity contribution in [2.24, 2.45) is 0 Å². The molecule has 0 atom stereocenters. The number of hydrogen-bond acceptors (Lipinski definition) is 5. The van der Waals surface area contributed by atoms with Gasteiger partial charge in [-0.2, -0.15) is 4.31 Å². The second-order valence-electron chi connectivity index (χ2n) is 5.86. The third-order valence-electron chi connectivity index (χ3n) is 4.36. The van der Waals surface area contributed by atoms with Gasteiger partial charge in [0, 0.05) is 26.2 Å². The number of nitrogens with zero attached hydrogens (tertiary/aromatic N) is 1. The summed E-state index contributed by atoms with van der Waals surface area (Å²) in [5, 5.41) is 12.7. The fourth-order valence-corrected chi connectivity index (χ4v) is 4.39. The number of aliphatic hydroxyl groups is 1. The van der Waals surface area contributed by atoms with Crippen molar-refractivity contribution in [3.8, 4) is 16.9 Å². The second-order valence-corrected chi connectivity index (χ2v) is 7.80. The van der Waals surface area contributed by atoms with Gasteiger partial charge in [-0.15, -0.1) is 0 Å². The normalized spacial score (nSPS) is 15.9. The maximum atomic E-state index is 12.7. The van der Waals surface area contributed by atoms with Gasteiger partial charge in [0.15, 0.2) is 0 Å². The van der Waals surface area contributed by atoms with Crippen molar-refractivity contribution in [2.75, 3.05) is 33.3 Å². The minimum atomic E-state index is -3.46. The van der Waals surface area contributed by atoms with Crippen molar-refractivity contribution in [3.63, 3.8) is 0 Å². The van der Waals surface area contributed by atoms with E-state index in [-0.39, 0.29) is 11.5 Å². The average Bonchev–Trinajstić information content (AvgIpc) is 2.68. The van der Waals surface area contributed by atoms with Crippen LogP contribution < -0.4 is 10.1 Å². The van der Waals surface area contributed by atoms with E-state index in [1.807, 2.05) is 12.1 Å². The Morgan fingerprint density at radius 3 is 2.40 bits per heavy atom. The van der Waals surface area contributed by atoms with Gasteiger partial charge in [0.1, 0.15) is 5.75 Å². The van der Waals surface area contributed by atoms with Gasteiger partial charge in [0.05, 0.1) is 18.6 Å². The molecule has 0 saturated carbocycles. The first-order valence-corrected chi connectivity index (χ1v) is 9.59. The highest BCUT2D eigenvalue weighted by Gasteiger charge is 2.25. The lowest BCUT2D eigenvalue weighted by Crippen LogP contribution is -2.46. The molecule has 6 nitrogen and oxygen atoms in total. The molecule has 2 N–H and O–H groups in total. The Morgan fingerprint density at radius 2 is 1.80 bits per heavy atom. The van der Waals surface area contributed by atoms with Crippen LogP contribution in [0.1, 0.15) is 5.56 Å². The van der Waals surface area contributed by atoms with E-state index in [0.717, 1.165) is 16.7 Å². The first-order chi connectivity index (χ1) is 12.1. The van der Waals surface area contributed by atoms with Gasteiger partial charge >= 0.3 is 0 Å². The van der Waals surface area contributed by atoms with Crippen LogP contribution in [0.2, 0.25) is 0 Å². The van der Waals surface area contributed by atoms with Gasteiger partial charge < -0.3 is 15.2 Å². The lowest BCUT2D eigenvalue weighted by atomic mass is 10.00. The molecule has 0 aromatic heterocycles. The fourth-order valence-electron chi connectivity index (χ4n) is 2.95. The van der Waals surface area contributed by atoms with E-state index in [1.165, 1.54) is 4.31 Å². The minimum absolute atomic E-state index is 0.118. The Hall–Kier alpha value is -1.93. The summed E-state index contributed by atoms with van der Waals surface area (Å²) in [6.07, 6.45) is 0. The van der Waals surface area contributed by atoms with Crippen LogP contribution in [-0.2, 0) is 16.6 Å². The largest absolute Gasteiger partial charge is 0.497 e. The molecular formula is C18H22N2O4S. The van der Waals surface area contributed by atoms with Gasteiger partial charge in [0.2, 0.25) is 10.0 Å². The Kier molecular flexibility index (Phi) is 5.39. The molecule has 1 heterocycles.